The fourth-order valence-corrected chi connectivity index (χ4v) is 5.26. The Morgan fingerprint density at radius 2 is 1.67 bits per heavy atom. The summed E-state index contributed by atoms with van der Waals surface area (Å²) in [7, 11) is -2.72. The first-order valence-electron chi connectivity index (χ1n) is 10.6. The molecule has 1 N–H and O–H groups in total. The van der Waals surface area contributed by atoms with E-state index < -0.39 is 34.1 Å². The van der Waals surface area contributed by atoms with Crippen molar-refractivity contribution in [3.8, 4) is 0 Å². The van der Waals surface area contributed by atoms with Crippen molar-refractivity contribution in [1.29, 1.82) is 0 Å². The monoisotopic (exact) mass is 475 g/mol. The van der Waals surface area contributed by atoms with Crippen molar-refractivity contribution in [2.75, 3.05) is 13.7 Å². The van der Waals surface area contributed by atoms with Crippen molar-refractivity contribution in [3.63, 3.8) is 0 Å². The second-order valence-corrected chi connectivity index (χ2v) is 10.9. The van der Waals surface area contributed by atoms with Crippen LogP contribution >= 0.6 is 0 Å². The maximum absolute atomic E-state index is 13.2. The summed E-state index contributed by atoms with van der Waals surface area (Å²) in [5.41, 5.74) is 1.84. The van der Waals surface area contributed by atoms with E-state index in [2.05, 4.69) is 4.74 Å². The normalized spacial score (nSPS) is 19.3. The van der Waals surface area contributed by atoms with Crippen LogP contribution in [0.25, 0.3) is 0 Å². The van der Waals surface area contributed by atoms with Gasteiger partial charge < -0.3 is 14.6 Å². The molecule has 0 radical (unpaired) electrons. The van der Waals surface area contributed by atoms with Crippen molar-refractivity contribution in [1.82, 2.24) is 4.31 Å². The Hall–Kier alpha value is -2.75. The van der Waals surface area contributed by atoms with Gasteiger partial charge in [0.2, 0.25) is 10.0 Å². The zero-order chi connectivity index (χ0) is 24.4. The third-order valence-electron chi connectivity index (χ3n) is 5.59. The van der Waals surface area contributed by atoms with E-state index in [0.29, 0.717) is 11.1 Å². The molecule has 0 aromatic heterocycles. The van der Waals surface area contributed by atoms with E-state index in [4.69, 9.17) is 4.74 Å². The SMILES string of the molecule is COC(=O)c1ccc(COC(=O)C2CC(O)CN2S(=O)(=O)c2ccc(C(C)(C)C)cc2)cc1. The number of ether oxygens (including phenoxy) is 2. The van der Waals surface area contributed by atoms with Crippen LogP contribution in [0.15, 0.2) is 53.4 Å². The van der Waals surface area contributed by atoms with Gasteiger partial charge >= 0.3 is 11.9 Å². The van der Waals surface area contributed by atoms with E-state index in [-0.39, 0.29) is 29.9 Å². The number of nitrogens with zero attached hydrogens (tertiary/aromatic N) is 1. The number of methoxy groups -OCH3 is 1. The van der Waals surface area contributed by atoms with E-state index in [1.807, 2.05) is 20.8 Å². The topological polar surface area (TPSA) is 110 Å². The average Bonchev–Trinajstić information content (AvgIpc) is 3.19. The third kappa shape index (κ3) is 5.61. The molecule has 0 amide bonds. The van der Waals surface area contributed by atoms with Crippen molar-refractivity contribution in [3.05, 3.63) is 65.2 Å². The summed E-state index contributed by atoms with van der Waals surface area (Å²) < 4.78 is 37.4. The molecule has 1 saturated heterocycles. The molecule has 2 aromatic rings. The predicted molar refractivity (Wildman–Crippen MR) is 121 cm³/mol. The first kappa shape index (κ1) is 24.9. The predicted octanol–water partition coefficient (Wildman–Crippen LogP) is 2.64. The molecule has 0 bridgehead atoms. The molecular weight excluding hydrogens is 446 g/mol. The van der Waals surface area contributed by atoms with Crippen molar-refractivity contribution in [2.24, 2.45) is 0 Å². The van der Waals surface area contributed by atoms with Crippen LogP contribution in [0.4, 0.5) is 0 Å². The fraction of sp³-hybridized carbons (Fsp3) is 0.417. The highest BCUT2D eigenvalue weighted by molar-refractivity contribution is 7.89. The van der Waals surface area contributed by atoms with E-state index in [1.165, 1.54) is 19.2 Å². The molecule has 1 aliphatic rings. The highest BCUT2D eigenvalue weighted by Gasteiger charge is 2.44. The molecule has 0 aliphatic carbocycles. The van der Waals surface area contributed by atoms with Gasteiger partial charge in [0.15, 0.2) is 0 Å². The Morgan fingerprint density at radius 1 is 1.06 bits per heavy atom. The number of aliphatic hydroxyl groups is 1. The summed E-state index contributed by atoms with van der Waals surface area (Å²) in [6, 6.07) is 11.8. The maximum atomic E-state index is 13.2. The first-order valence-corrected chi connectivity index (χ1v) is 12.0. The van der Waals surface area contributed by atoms with E-state index >= 15 is 0 Å². The minimum atomic E-state index is -4.01. The lowest BCUT2D eigenvalue weighted by Gasteiger charge is -2.23. The van der Waals surface area contributed by atoms with E-state index in [0.717, 1.165) is 9.87 Å². The Bertz CT molecular complexity index is 1100. The van der Waals surface area contributed by atoms with Gasteiger partial charge in [0, 0.05) is 13.0 Å². The van der Waals surface area contributed by atoms with Crippen LogP contribution in [0.1, 0.15) is 48.7 Å². The minimum absolute atomic E-state index is 0.0422. The van der Waals surface area contributed by atoms with Gasteiger partial charge in [0.1, 0.15) is 12.6 Å². The summed E-state index contributed by atoms with van der Waals surface area (Å²) in [6.07, 6.45) is -1.01. The van der Waals surface area contributed by atoms with Gasteiger partial charge in [-0.25, -0.2) is 13.2 Å². The van der Waals surface area contributed by atoms with Gasteiger partial charge in [-0.3, -0.25) is 4.79 Å². The lowest BCUT2D eigenvalue weighted by molar-refractivity contribution is -0.148. The Morgan fingerprint density at radius 3 is 2.21 bits per heavy atom. The lowest BCUT2D eigenvalue weighted by Crippen LogP contribution is -2.41. The molecule has 2 unspecified atom stereocenters. The lowest BCUT2D eigenvalue weighted by atomic mass is 9.87. The number of sulfonamides is 1. The van der Waals surface area contributed by atoms with Crippen LogP contribution in [0, 0.1) is 0 Å². The Kier molecular flexibility index (Phi) is 7.26. The van der Waals surface area contributed by atoms with Crippen LogP contribution in [-0.2, 0) is 36.3 Å². The number of carbonyl (C=O) groups is 2. The summed E-state index contributed by atoms with van der Waals surface area (Å²) in [5.74, 6) is -1.21. The zero-order valence-electron chi connectivity index (χ0n) is 19.1. The summed E-state index contributed by atoms with van der Waals surface area (Å²) in [5, 5.41) is 10.1. The number of rotatable bonds is 6. The third-order valence-corrected chi connectivity index (χ3v) is 7.48. The van der Waals surface area contributed by atoms with Gasteiger partial charge in [-0.2, -0.15) is 4.31 Å². The molecule has 0 saturated carbocycles. The van der Waals surface area contributed by atoms with Gasteiger partial charge in [0.05, 0.1) is 23.7 Å². The minimum Gasteiger partial charge on any atom is -0.465 e. The largest absolute Gasteiger partial charge is 0.465 e. The molecular formula is C24H29NO7S. The van der Waals surface area contributed by atoms with Crippen LogP contribution < -0.4 is 0 Å². The van der Waals surface area contributed by atoms with Gasteiger partial charge in [-0.1, -0.05) is 45.0 Å². The smallest absolute Gasteiger partial charge is 0.337 e. The second-order valence-electron chi connectivity index (χ2n) is 9.05. The van der Waals surface area contributed by atoms with Crippen LogP contribution in [-0.4, -0.2) is 55.6 Å². The van der Waals surface area contributed by atoms with Crippen LogP contribution in [0.5, 0.6) is 0 Å². The van der Waals surface area contributed by atoms with Gasteiger partial charge in [0.25, 0.3) is 0 Å². The number of aliphatic hydroxyl groups excluding tert-OH is 1. The average molecular weight is 476 g/mol. The van der Waals surface area contributed by atoms with E-state index in [9.17, 15) is 23.1 Å². The number of hydrogen-bond acceptors (Lipinski definition) is 7. The van der Waals surface area contributed by atoms with Crippen molar-refractivity contribution in [2.45, 2.75) is 56.3 Å². The first-order chi connectivity index (χ1) is 15.4. The molecule has 1 fully saturated rings. The van der Waals surface area contributed by atoms with E-state index in [1.54, 1.807) is 36.4 Å². The molecule has 3 rings (SSSR count). The van der Waals surface area contributed by atoms with Crippen LogP contribution in [0.2, 0.25) is 0 Å². The molecule has 2 atom stereocenters. The Labute approximate surface area is 194 Å². The number of β-amino-alcohol motifs (C(OH)–C–C–N with tert-alkyl or cyclic N) is 1. The van der Waals surface area contributed by atoms with Crippen LogP contribution in [0.3, 0.4) is 0 Å². The number of hydrogen-bond donors (Lipinski definition) is 1. The number of benzene rings is 2. The molecule has 178 valence electrons. The van der Waals surface area contributed by atoms with Crippen molar-refractivity contribution >= 4 is 22.0 Å². The summed E-state index contributed by atoms with van der Waals surface area (Å²) >= 11 is 0. The number of esters is 2. The summed E-state index contributed by atoms with van der Waals surface area (Å²) in [6.45, 7) is 5.81. The molecule has 9 heteroatoms. The Balaban J connectivity index is 1.73. The van der Waals surface area contributed by atoms with Gasteiger partial charge in [-0.15, -0.1) is 0 Å². The molecule has 8 nitrogen and oxygen atoms in total. The molecule has 2 aromatic carbocycles. The standard InChI is InChI=1S/C24H29NO7S/c1-24(2,3)18-9-11-20(12-10-18)33(29,30)25-14-19(26)13-21(25)23(28)32-15-16-5-7-17(8-6-16)22(27)31-4/h5-12,19,21,26H,13-15H2,1-4H3. The zero-order valence-corrected chi connectivity index (χ0v) is 20.0. The highest BCUT2D eigenvalue weighted by Crippen LogP contribution is 2.29. The van der Waals surface area contributed by atoms with Gasteiger partial charge in [-0.05, 0) is 40.8 Å². The van der Waals surface area contributed by atoms with Crippen molar-refractivity contribution < 1.29 is 32.6 Å². The molecule has 33 heavy (non-hydrogen) atoms. The summed E-state index contributed by atoms with van der Waals surface area (Å²) in [4.78, 5) is 24.3. The molecule has 0 spiro atoms. The number of carbonyl (C=O) groups excluding carboxylic acids is 2. The molecule has 1 heterocycles. The quantitative estimate of drug-likeness (QED) is 0.640. The molecule has 1 aliphatic heterocycles. The highest BCUT2D eigenvalue weighted by atomic mass is 32.2. The fourth-order valence-electron chi connectivity index (χ4n) is 3.63. The second kappa shape index (κ2) is 9.62. The maximum Gasteiger partial charge on any atom is 0.337 e.